The van der Waals surface area contributed by atoms with Gasteiger partial charge in [0.2, 0.25) is 0 Å². The second-order valence-electron chi connectivity index (χ2n) is 4.61. The first-order chi connectivity index (χ1) is 7.81. The van der Waals surface area contributed by atoms with Gasteiger partial charge in [0.1, 0.15) is 0 Å². The molecule has 0 amide bonds. The van der Waals surface area contributed by atoms with E-state index in [-0.39, 0.29) is 0 Å². The van der Waals surface area contributed by atoms with Gasteiger partial charge in [0.15, 0.2) is 0 Å². The highest BCUT2D eigenvalue weighted by molar-refractivity contribution is 7.09. The summed E-state index contributed by atoms with van der Waals surface area (Å²) in [4.78, 5) is 4.72. The van der Waals surface area contributed by atoms with E-state index in [1.54, 1.807) is 0 Å². The lowest BCUT2D eigenvalue weighted by Crippen LogP contribution is -1.88. The van der Waals surface area contributed by atoms with Gasteiger partial charge < -0.3 is 0 Å². The molecule has 0 saturated heterocycles. The molecule has 0 aliphatic heterocycles. The largest absolute Gasteiger partial charge is 0.246 e. The molecule has 0 spiro atoms. The molecule has 1 fully saturated rings. The van der Waals surface area contributed by atoms with E-state index in [1.165, 1.54) is 34.7 Å². The Morgan fingerprint density at radius 3 is 3.00 bits per heavy atom. The lowest BCUT2D eigenvalue weighted by Gasteiger charge is -1.99. The average molecular weight is 229 g/mol. The molecule has 0 N–H and O–H groups in total. The van der Waals surface area contributed by atoms with Crippen LogP contribution in [-0.2, 0) is 6.42 Å². The van der Waals surface area contributed by atoms with E-state index in [2.05, 4.69) is 36.6 Å². The predicted octanol–water partition coefficient (Wildman–Crippen LogP) is 3.92. The molecule has 0 unspecified atom stereocenters. The number of benzene rings is 1. The molecule has 1 aromatic heterocycles. The van der Waals surface area contributed by atoms with Crippen LogP contribution in [0.1, 0.15) is 40.6 Å². The van der Waals surface area contributed by atoms with Crippen molar-refractivity contribution in [3.8, 4) is 0 Å². The summed E-state index contributed by atoms with van der Waals surface area (Å²) in [6.45, 7) is 2.14. The van der Waals surface area contributed by atoms with Crippen molar-refractivity contribution < 1.29 is 0 Å². The third-order valence-corrected chi connectivity index (χ3v) is 3.87. The topological polar surface area (TPSA) is 12.9 Å². The van der Waals surface area contributed by atoms with Gasteiger partial charge in [0, 0.05) is 17.7 Å². The van der Waals surface area contributed by atoms with Crippen molar-refractivity contribution >= 4 is 11.3 Å². The molecular formula is C14H15NS. The van der Waals surface area contributed by atoms with Crippen LogP contribution in [0.25, 0.3) is 0 Å². The van der Waals surface area contributed by atoms with E-state index in [9.17, 15) is 0 Å². The first kappa shape index (κ1) is 10.0. The maximum absolute atomic E-state index is 4.72. The number of rotatable bonds is 3. The lowest BCUT2D eigenvalue weighted by atomic mass is 10.1. The van der Waals surface area contributed by atoms with Crippen LogP contribution in [0.15, 0.2) is 29.6 Å². The maximum atomic E-state index is 4.72. The lowest BCUT2D eigenvalue weighted by molar-refractivity contribution is 1.01. The Labute approximate surface area is 100 Å². The Kier molecular flexibility index (Phi) is 2.52. The molecule has 0 bridgehead atoms. The van der Waals surface area contributed by atoms with Crippen molar-refractivity contribution in [3.63, 3.8) is 0 Å². The number of nitrogens with zero attached hydrogens (tertiary/aromatic N) is 1. The van der Waals surface area contributed by atoms with Gasteiger partial charge in [-0.3, -0.25) is 0 Å². The van der Waals surface area contributed by atoms with E-state index < -0.39 is 0 Å². The Hall–Kier alpha value is -1.15. The van der Waals surface area contributed by atoms with Crippen molar-refractivity contribution in [2.75, 3.05) is 0 Å². The minimum Gasteiger partial charge on any atom is -0.246 e. The molecule has 0 radical (unpaired) electrons. The molecule has 1 aliphatic rings. The molecule has 1 aromatic carbocycles. The van der Waals surface area contributed by atoms with Gasteiger partial charge in [-0.15, -0.1) is 11.3 Å². The number of hydrogen-bond acceptors (Lipinski definition) is 2. The van der Waals surface area contributed by atoms with Crippen LogP contribution in [0.5, 0.6) is 0 Å². The quantitative estimate of drug-likeness (QED) is 0.777. The molecule has 1 saturated carbocycles. The summed E-state index contributed by atoms with van der Waals surface area (Å²) in [6.07, 6.45) is 3.67. The first-order valence-electron chi connectivity index (χ1n) is 5.81. The Morgan fingerprint density at radius 2 is 2.25 bits per heavy atom. The second kappa shape index (κ2) is 4.02. The van der Waals surface area contributed by atoms with Crippen molar-refractivity contribution in [1.82, 2.24) is 4.98 Å². The smallest absolute Gasteiger partial charge is 0.0972 e. The van der Waals surface area contributed by atoms with Crippen LogP contribution in [0.3, 0.4) is 0 Å². The monoisotopic (exact) mass is 229 g/mol. The van der Waals surface area contributed by atoms with Gasteiger partial charge in [0.05, 0.1) is 10.7 Å². The normalized spacial score (nSPS) is 15.3. The number of hydrogen-bond donors (Lipinski definition) is 0. The summed E-state index contributed by atoms with van der Waals surface area (Å²) in [5.41, 5.74) is 4.03. The molecule has 1 nitrogen and oxygen atoms in total. The molecular weight excluding hydrogens is 214 g/mol. The van der Waals surface area contributed by atoms with Gasteiger partial charge in [-0.1, -0.05) is 29.8 Å². The van der Waals surface area contributed by atoms with Gasteiger partial charge >= 0.3 is 0 Å². The van der Waals surface area contributed by atoms with Gasteiger partial charge in [-0.25, -0.2) is 4.98 Å². The number of thiazole rings is 1. The molecule has 1 heterocycles. The summed E-state index contributed by atoms with van der Waals surface area (Å²) >= 11 is 1.81. The first-order valence-corrected chi connectivity index (χ1v) is 6.69. The highest BCUT2D eigenvalue weighted by atomic mass is 32.1. The third-order valence-electron chi connectivity index (χ3n) is 3.00. The van der Waals surface area contributed by atoms with Gasteiger partial charge in [0.25, 0.3) is 0 Å². The van der Waals surface area contributed by atoms with E-state index in [0.29, 0.717) is 0 Å². The average Bonchev–Trinajstić information content (AvgIpc) is 3.01. The van der Waals surface area contributed by atoms with Crippen LogP contribution in [0, 0.1) is 6.92 Å². The number of aryl methyl sites for hydroxylation is 1. The van der Waals surface area contributed by atoms with E-state index in [0.717, 1.165) is 12.3 Å². The zero-order valence-corrected chi connectivity index (χ0v) is 10.3. The van der Waals surface area contributed by atoms with Crippen LogP contribution >= 0.6 is 11.3 Å². The number of aromatic nitrogens is 1. The van der Waals surface area contributed by atoms with Gasteiger partial charge in [-0.05, 0) is 25.3 Å². The predicted molar refractivity (Wildman–Crippen MR) is 68.1 cm³/mol. The molecule has 0 atom stereocenters. The molecule has 1 aliphatic carbocycles. The van der Waals surface area contributed by atoms with E-state index in [1.807, 2.05) is 11.3 Å². The summed E-state index contributed by atoms with van der Waals surface area (Å²) in [7, 11) is 0. The molecule has 2 heteroatoms. The minimum atomic E-state index is 0.780. The highest BCUT2D eigenvalue weighted by Crippen LogP contribution is 2.40. The molecule has 2 aromatic rings. The summed E-state index contributed by atoms with van der Waals surface area (Å²) in [6, 6.07) is 8.70. The Balaban J connectivity index is 1.77. The standard InChI is InChI=1S/C14H15NS/c1-10-3-2-4-11(7-10)8-14-15-13(9-16-14)12-5-6-12/h2-4,7,9,12H,5-6,8H2,1H3. The zero-order chi connectivity index (χ0) is 11.0. The minimum absolute atomic E-state index is 0.780. The van der Waals surface area contributed by atoms with Crippen LogP contribution in [0.4, 0.5) is 0 Å². The third kappa shape index (κ3) is 2.17. The fourth-order valence-electron chi connectivity index (χ4n) is 1.97. The molecule has 82 valence electrons. The van der Waals surface area contributed by atoms with Crippen molar-refractivity contribution in [1.29, 1.82) is 0 Å². The van der Waals surface area contributed by atoms with Crippen molar-refractivity contribution in [3.05, 3.63) is 51.5 Å². The highest BCUT2D eigenvalue weighted by Gasteiger charge is 2.25. The van der Waals surface area contributed by atoms with Crippen LogP contribution in [-0.4, -0.2) is 4.98 Å². The van der Waals surface area contributed by atoms with Crippen molar-refractivity contribution in [2.24, 2.45) is 0 Å². The molecule has 3 rings (SSSR count). The second-order valence-corrected chi connectivity index (χ2v) is 5.55. The molecule has 16 heavy (non-hydrogen) atoms. The fourth-order valence-corrected chi connectivity index (χ4v) is 2.88. The maximum Gasteiger partial charge on any atom is 0.0972 e. The Bertz CT molecular complexity index is 497. The fraction of sp³-hybridized carbons (Fsp3) is 0.357. The SMILES string of the molecule is Cc1cccc(Cc2nc(C3CC3)cs2)c1. The summed E-state index contributed by atoms with van der Waals surface area (Å²) in [5.74, 6) is 0.780. The van der Waals surface area contributed by atoms with Crippen LogP contribution < -0.4 is 0 Å². The van der Waals surface area contributed by atoms with E-state index in [4.69, 9.17) is 4.98 Å². The Morgan fingerprint density at radius 1 is 1.38 bits per heavy atom. The zero-order valence-electron chi connectivity index (χ0n) is 9.44. The van der Waals surface area contributed by atoms with Crippen molar-refractivity contribution in [2.45, 2.75) is 32.1 Å². The van der Waals surface area contributed by atoms with Gasteiger partial charge in [-0.2, -0.15) is 0 Å². The van der Waals surface area contributed by atoms with E-state index >= 15 is 0 Å². The van der Waals surface area contributed by atoms with Crippen LogP contribution in [0.2, 0.25) is 0 Å². The summed E-state index contributed by atoms with van der Waals surface area (Å²) in [5, 5.41) is 3.50. The summed E-state index contributed by atoms with van der Waals surface area (Å²) < 4.78 is 0.